The number of hydrogen-bond donors (Lipinski definition) is 1. The number of halogens is 1. The van der Waals surface area contributed by atoms with Crippen LogP contribution in [-0.2, 0) is 0 Å². The standard InChI is InChI=1S/C13H17ClO2/c1-8-5-11(9(2)15)13(12(14)6-8)16-7-10-3-4-10/h5-6,9-10,15H,3-4,7H2,1-2H3. The van der Waals surface area contributed by atoms with Gasteiger partial charge in [-0.15, -0.1) is 0 Å². The normalized spacial score (nSPS) is 17.2. The summed E-state index contributed by atoms with van der Waals surface area (Å²) >= 11 is 6.15. The number of aryl methyl sites for hydroxylation is 1. The van der Waals surface area contributed by atoms with E-state index >= 15 is 0 Å². The molecule has 1 unspecified atom stereocenters. The fourth-order valence-corrected chi connectivity index (χ4v) is 2.04. The molecule has 1 fully saturated rings. The van der Waals surface area contributed by atoms with E-state index in [0.29, 0.717) is 23.3 Å². The summed E-state index contributed by atoms with van der Waals surface area (Å²) in [6, 6.07) is 3.80. The van der Waals surface area contributed by atoms with Gasteiger partial charge >= 0.3 is 0 Å². The number of ether oxygens (including phenoxy) is 1. The Labute approximate surface area is 101 Å². The van der Waals surface area contributed by atoms with Crippen LogP contribution in [0.3, 0.4) is 0 Å². The second-order valence-electron chi connectivity index (χ2n) is 4.60. The van der Waals surface area contributed by atoms with E-state index in [2.05, 4.69) is 0 Å². The molecule has 0 amide bonds. The maximum Gasteiger partial charge on any atom is 0.143 e. The molecule has 3 heteroatoms. The number of rotatable bonds is 4. The molecule has 0 spiro atoms. The highest BCUT2D eigenvalue weighted by molar-refractivity contribution is 6.32. The maximum absolute atomic E-state index is 9.70. The summed E-state index contributed by atoms with van der Waals surface area (Å²) in [7, 11) is 0. The molecule has 0 aliphatic heterocycles. The van der Waals surface area contributed by atoms with Crippen molar-refractivity contribution < 1.29 is 9.84 Å². The molecule has 0 heterocycles. The van der Waals surface area contributed by atoms with E-state index in [-0.39, 0.29) is 0 Å². The van der Waals surface area contributed by atoms with E-state index in [4.69, 9.17) is 16.3 Å². The third-order valence-electron chi connectivity index (χ3n) is 2.83. The van der Waals surface area contributed by atoms with Crippen molar-refractivity contribution >= 4 is 11.6 Å². The fraction of sp³-hybridized carbons (Fsp3) is 0.538. The predicted molar refractivity (Wildman–Crippen MR) is 65.0 cm³/mol. The Bertz CT molecular complexity index is 384. The first kappa shape index (κ1) is 11.7. The molecule has 0 bridgehead atoms. The Morgan fingerprint density at radius 2 is 2.19 bits per heavy atom. The van der Waals surface area contributed by atoms with Gasteiger partial charge in [-0.05, 0) is 50.3 Å². The maximum atomic E-state index is 9.70. The van der Waals surface area contributed by atoms with Crippen LogP contribution in [0.25, 0.3) is 0 Å². The van der Waals surface area contributed by atoms with Crippen molar-refractivity contribution in [2.75, 3.05) is 6.61 Å². The highest BCUT2D eigenvalue weighted by atomic mass is 35.5. The first-order chi connectivity index (χ1) is 7.58. The third-order valence-corrected chi connectivity index (χ3v) is 3.11. The molecule has 1 aliphatic rings. The van der Waals surface area contributed by atoms with Gasteiger partial charge in [-0.3, -0.25) is 0 Å². The summed E-state index contributed by atoms with van der Waals surface area (Å²) in [5, 5.41) is 10.3. The zero-order valence-corrected chi connectivity index (χ0v) is 10.4. The number of benzene rings is 1. The van der Waals surface area contributed by atoms with E-state index in [0.717, 1.165) is 11.1 Å². The van der Waals surface area contributed by atoms with Crippen LogP contribution in [0.4, 0.5) is 0 Å². The molecule has 88 valence electrons. The molecule has 0 saturated heterocycles. The monoisotopic (exact) mass is 240 g/mol. The van der Waals surface area contributed by atoms with Crippen molar-refractivity contribution in [3.63, 3.8) is 0 Å². The minimum Gasteiger partial charge on any atom is -0.491 e. The molecular formula is C13H17ClO2. The topological polar surface area (TPSA) is 29.5 Å². The quantitative estimate of drug-likeness (QED) is 0.873. The molecule has 0 aromatic heterocycles. The minimum atomic E-state index is -0.549. The second kappa shape index (κ2) is 4.64. The average molecular weight is 241 g/mol. The molecule has 1 atom stereocenters. The van der Waals surface area contributed by atoms with Crippen molar-refractivity contribution in [1.82, 2.24) is 0 Å². The lowest BCUT2D eigenvalue weighted by Gasteiger charge is -2.15. The van der Waals surface area contributed by atoms with Gasteiger partial charge in [0.15, 0.2) is 0 Å². The largest absolute Gasteiger partial charge is 0.491 e. The molecule has 16 heavy (non-hydrogen) atoms. The summed E-state index contributed by atoms with van der Waals surface area (Å²) in [6.07, 6.45) is 1.94. The van der Waals surface area contributed by atoms with Gasteiger partial charge < -0.3 is 9.84 Å². The Morgan fingerprint density at radius 3 is 2.75 bits per heavy atom. The Balaban J connectivity index is 2.24. The zero-order chi connectivity index (χ0) is 11.7. The first-order valence-electron chi connectivity index (χ1n) is 5.69. The minimum absolute atomic E-state index is 0.549. The lowest BCUT2D eigenvalue weighted by Crippen LogP contribution is -2.04. The van der Waals surface area contributed by atoms with Crippen molar-refractivity contribution in [2.45, 2.75) is 32.8 Å². The van der Waals surface area contributed by atoms with Crippen molar-refractivity contribution in [3.8, 4) is 5.75 Å². The lowest BCUT2D eigenvalue weighted by molar-refractivity contribution is 0.190. The molecule has 1 N–H and O–H groups in total. The van der Waals surface area contributed by atoms with E-state index in [1.165, 1.54) is 12.8 Å². The molecule has 1 aliphatic carbocycles. The third kappa shape index (κ3) is 2.69. The van der Waals surface area contributed by atoms with Crippen LogP contribution in [0.2, 0.25) is 5.02 Å². The summed E-state index contributed by atoms with van der Waals surface area (Å²) in [4.78, 5) is 0. The second-order valence-corrected chi connectivity index (χ2v) is 5.00. The molecule has 2 nitrogen and oxygen atoms in total. The van der Waals surface area contributed by atoms with Gasteiger partial charge in [0.05, 0.1) is 17.7 Å². The smallest absolute Gasteiger partial charge is 0.143 e. The molecule has 1 saturated carbocycles. The van der Waals surface area contributed by atoms with Crippen LogP contribution in [0, 0.1) is 12.8 Å². The Morgan fingerprint density at radius 1 is 1.50 bits per heavy atom. The van der Waals surface area contributed by atoms with Crippen LogP contribution >= 0.6 is 11.6 Å². The van der Waals surface area contributed by atoms with Gasteiger partial charge in [-0.2, -0.15) is 0 Å². The van der Waals surface area contributed by atoms with Crippen molar-refractivity contribution in [3.05, 3.63) is 28.3 Å². The van der Waals surface area contributed by atoms with E-state index in [1.54, 1.807) is 6.92 Å². The Hall–Kier alpha value is -0.730. The van der Waals surface area contributed by atoms with Gasteiger partial charge in [-0.1, -0.05) is 11.6 Å². The van der Waals surface area contributed by atoms with Crippen LogP contribution in [0.15, 0.2) is 12.1 Å². The van der Waals surface area contributed by atoms with Crippen LogP contribution < -0.4 is 4.74 Å². The predicted octanol–water partition coefficient (Wildman–Crippen LogP) is 3.49. The number of aliphatic hydroxyl groups excluding tert-OH is 1. The van der Waals surface area contributed by atoms with Crippen LogP contribution in [-0.4, -0.2) is 11.7 Å². The summed E-state index contributed by atoms with van der Waals surface area (Å²) in [5.41, 5.74) is 1.82. The molecule has 1 aromatic rings. The molecule has 0 radical (unpaired) electrons. The van der Waals surface area contributed by atoms with Crippen LogP contribution in [0.1, 0.15) is 37.0 Å². The highest BCUT2D eigenvalue weighted by Gasteiger charge is 2.23. The molecular weight excluding hydrogens is 224 g/mol. The van der Waals surface area contributed by atoms with Crippen molar-refractivity contribution in [2.24, 2.45) is 5.92 Å². The van der Waals surface area contributed by atoms with Gasteiger partial charge in [0, 0.05) is 5.56 Å². The fourth-order valence-electron chi connectivity index (χ4n) is 1.70. The summed E-state index contributed by atoms with van der Waals surface area (Å²) in [5.74, 6) is 1.33. The first-order valence-corrected chi connectivity index (χ1v) is 6.06. The van der Waals surface area contributed by atoms with Gasteiger partial charge in [-0.25, -0.2) is 0 Å². The highest BCUT2D eigenvalue weighted by Crippen LogP contribution is 2.36. The van der Waals surface area contributed by atoms with E-state index in [9.17, 15) is 5.11 Å². The van der Waals surface area contributed by atoms with Gasteiger partial charge in [0.2, 0.25) is 0 Å². The molecule has 2 rings (SSSR count). The number of aliphatic hydroxyl groups is 1. The van der Waals surface area contributed by atoms with Crippen molar-refractivity contribution in [1.29, 1.82) is 0 Å². The lowest BCUT2D eigenvalue weighted by atomic mass is 10.1. The van der Waals surface area contributed by atoms with Gasteiger partial charge in [0.1, 0.15) is 5.75 Å². The number of hydrogen-bond acceptors (Lipinski definition) is 2. The van der Waals surface area contributed by atoms with Gasteiger partial charge in [0.25, 0.3) is 0 Å². The summed E-state index contributed by atoms with van der Waals surface area (Å²) < 4.78 is 5.72. The summed E-state index contributed by atoms with van der Waals surface area (Å²) in [6.45, 7) is 4.40. The van der Waals surface area contributed by atoms with E-state index in [1.807, 2.05) is 19.1 Å². The van der Waals surface area contributed by atoms with E-state index < -0.39 is 6.10 Å². The SMILES string of the molecule is Cc1cc(Cl)c(OCC2CC2)c(C(C)O)c1. The molecule has 1 aromatic carbocycles. The average Bonchev–Trinajstić information content (AvgIpc) is 2.98. The zero-order valence-electron chi connectivity index (χ0n) is 9.66. The van der Waals surface area contributed by atoms with Crippen LogP contribution in [0.5, 0.6) is 5.75 Å². The Kier molecular flexibility index (Phi) is 3.41.